The fourth-order valence-electron chi connectivity index (χ4n) is 2.63. The predicted octanol–water partition coefficient (Wildman–Crippen LogP) is 2.19. The summed E-state index contributed by atoms with van der Waals surface area (Å²) in [6, 6.07) is 0. The Labute approximate surface area is 99.0 Å². The zero-order chi connectivity index (χ0) is 11.1. The van der Waals surface area contributed by atoms with E-state index < -0.39 is 0 Å². The molecule has 0 heterocycles. The van der Waals surface area contributed by atoms with Gasteiger partial charge in [-0.1, -0.05) is 19.3 Å². The first-order valence-electron chi connectivity index (χ1n) is 6.10. The lowest BCUT2D eigenvalue weighted by atomic mass is 9.74. The standard InChI is InChI=1S/C12H26N2S/c1-14(8-9-15-2)11-12(10-13)6-4-3-5-7-12/h3-11,13H2,1-2H3. The van der Waals surface area contributed by atoms with Crippen molar-refractivity contribution in [2.75, 3.05) is 38.7 Å². The maximum Gasteiger partial charge on any atom is 0.00694 e. The van der Waals surface area contributed by atoms with Crippen LogP contribution in [-0.4, -0.2) is 43.6 Å². The Hall–Kier alpha value is 0.270. The molecule has 2 N–H and O–H groups in total. The van der Waals surface area contributed by atoms with Crippen molar-refractivity contribution in [1.29, 1.82) is 0 Å². The van der Waals surface area contributed by atoms with E-state index in [0.29, 0.717) is 5.41 Å². The molecule has 1 fully saturated rings. The molecule has 1 rings (SSSR count). The fourth-order valence-corrected chi connectivity index (χ4v) is 3.12. The molecule has 0 saturated heterocycles. The molecular weight excluding hydrogens is 204 g/mol. The molecular formula is C12H26N2S. The van der Waals surface area contributed by atoms with Crippen LogP contribution in [0.3, 0.4) is 0 Å². The van der Waals surface area contributed by atoms with Gasteiger partial charge in [0.05, 0.1) is 0 Å². The zero-order valence-corrected chi connectivity index (χ0v) is 11.1. The van der Waals surface area contributed by atoms with Gasteiger partial charge in [-0.25, -0.2) is 0 Å². The number of hydrogen-bond donors (Lipinski definition) is 1. The summed E-state index contributed by atoms with van der Waals surface area (Å²) in [6.07, 6.45) is 9.03. The van der Waals surface area contributed by atoms with Crippen molar-refractivity contribution >= 4 is 11.8 Å². The molecule has 0 aromatic carbocycles. The second kappa shape index (κ2) is 6.77. The molecule has 0 spiro atoms. The summed E-state index contributed by atoms with van der Waals surface area (Å²) in [4.78, 5) is 2.47. The molecule has 1 aliphatic carbocycles. The lowest BCUT2D eigenvalue weighted by Gasteiger charge is -2.39. The molecule has 1 saturated carbocycles. The van der Waals surface area contributed by atoms with Crippen molar-refractivity contribution in [2.45, 2.75) is 32.1 Å². The van der Waals surface area contributed by atoms with E-state index in [4.69, 9.17) is 5.73 Å². The van der Waals surface area contributed by atoms with Crippen LogP contribution in [0.15, 0.2) is 0 Å². The van der Waals surface area contributed by atoms with Crippen LogP contribution in [0, 0.1) is 5.41 Å². The summed E-state index contributed by atoms with van der Waals surface area (Å²) >= 11 is 1.93. The Kier molecular flexibility index (Phi) is 6.02. The van der Waals surface area contributed by atoms with Crippen LogP contribution in [0.4, 0.5) is 0 Å². The molecule has 3 heteroatoms. The molecule has 0 aromatic rings. The summed E-state index contributed by atoms with van der Waals surface area (Å²) < 4.78 is 0. The molecule has 15 heavy (non-hydrogen) atoms. The summed E-state index contributed by atoms with van der Waals surface area (Å²) in [5, 5.41) is 0. The van der Waals surface area contributed by atoms with Gasteiger partial charge in [0.15, 0.2) is 0 Å². The van der Waals surface area contributed by atoms with Crippen LogP contribution < -0.4 is 5.73 Å². The lowest BCUT2D eigenvalue weighted by molar-refractivity contribution is 0.132. The Bertz CT molecular complexity index is 167. The van der Waals surface area contributed by atoms with Gasteiger partial charge >= 0.3 is 0 Å². The van der Waals surface area contributed by atoms with Crippen LogP contribution >= 0.6 is 11.8 Å². The van der Waals surface area contributed by atoms with E-state index in [1.54, 1.807) is 0 Å². The topological polar surface area (TPSA) is 29.3 Å². The average molecular weight is 230 g/mol. The Morgan fingerprint density at radius 2 is 1.93 bits per heavy atom. The Morgan fingerprint density at radius 1 is 1.27 bits per heavy atom. The number of rotatable bonds is 6. The highest BCUT2D eigenvalue weighted by Gasteiger charge is 2.31. The molecule has 0 unspecified atom stereocenters. The van der Waals surface area contributed by atoms with E-state index in [9.17, 15) is 0 Å². The quantitative estimate of drug-likeness (QED) is 0.758. The van der Waals surface area contributed by atoms with Crippen molar-refractivity contribution in [3.05, 3.63) is 0 Å². The lowest BCUT2D eigenvalue weighted by Crippen LogP contribution is -2.43. The first-order chi connectivity index (χ1) is 7.22. The third-order valence-corrected chi connectivity index (χ3v) is 4.22. The van der Waals surface area contributed by atoms with E-state index >= 15 is 0 Å². The van der Waals surface area contributed by atoms with Gasteiger partial charge in [-0.05, 0) is 38.1 Å². The van der Waals surface area contributed by atoms with Gasteiger partial charge < -0.3 is 10.6 Å². The van der Waals surface area contributed by atoms with Crippen molar-refractivity contribution in [1.82, 2.24) is 4.90 Å². The number of thioether (sulfide) groups is 1. The van der Waals surface area contributed by atoms with Crippen LogP contribution in [0.2, 0.25) is 0 Å². The van der Waals surface area contributed by atoms with Gasteiger partial charge in [-0.3, -0.25) is 0 Å². The minimum atomic E-state index is 0.436. The van der Waals surface area contributed by atoms with Gasteiger partial charge in [-0.15, -0.1) is 0 Å². The SMILES string of the molecule is CSCCN(C)CC1(CN)CCCCC1. The average Bonchev–Trinajstić information content (AvgIpc) is 2.27. The highest BCUT2D eigenvalue weighted by Crippen LogP contribution is 2.35. The van der Waals surface area contributed by atoms with Crippen LogP contribution in [0.1, 0.15) is 32.1 Å². The fraction of sp³-hybridized carbons (Fsp3) is 1.00. The minimum Gasteiger partial charge on any atom is -0.330 e. The first-order valence-corrected chi connectivity index (χ1v) is 7.49. The predicted molar refractivity (Wildman–Crippen MR) is 70.5 cm³/mol. The van der Waals surface area contributed by atoms with E-state index in [1.807, 2.05) is 11.8 Å². The number of nitrogens with two attached hydrogens (primary N) is 1. The Morgan fingerprint density at radius 3 is 2.47 bits per heavy atom. The molecule has 1 aliphatic rings. The summed E-state index contributed by atoms with van der Waals surface area (Å²) in [5.41, 5.74) is 6.42. The third kappa shape index (κ3) is 4.33. The van der Waals surface area contributed by atoms with E-state index in [0.717, 1.165) is 6.54 Å². The van der Waals surface area contributed by atoms with Gasteiger partial charge in [0, 0.05) is 18.8 Å². The number of nitrogens with zero attached hydrogens (tertiary/aromatic N) is 1. The van der Waals surface area contributed by atoms with Gasteiger partial charge in [-0.2, -0.15) is 11.8 Å². The van der Waals surface area contributed by atoms with Crippen LogP contribution in [-0.2, 0) is 0 Å². The highest BCUT2D eigenvalue weighted by molar-refractivity contribution is 7.98. The maximum atomic E-state index is 5.98. The number of hydrogen-bond acceptors (Lipinski definition) is 3. The third-order valence-electron chi connectivity index (χ3n) is 3.63. The molecule has 0 bridgehead atoms. The summed E-state index contributed by atoms with van der Waals surface area (Å²) in [6.45, 7) is 3.27. The van der Waals surface area contributed by atoms with Gasteiger partial charge in [0.25, 0.3) is 0 Å². The zero-order valence-electron chi connectivity index (χ0n) is 10.3. The van der Waals surface area contributed by atoms with Crippen molar-refractivity contribution in [2.24, 2.45) is 11.1 Å². The molecule has 0 aromatic heterocycles. The van der Waals surface area contributed by atoms with Gasteiger partial charge in [0.1, 0.15) is 0 Å². The highest BCUT2D eigenvalue weighted by atomic mass is 32.2. The summed E-state index contributed by atoms with van der Waals surface area (Å²) in [7, 11) is 2.24. The van der Waals surface area contributed by atoms with Crippen molar-refractivity contribution < 1.29 is 0 Å². The second-order valence-electron chi connectivity index (χ2n) is 5.00. The normalized spacial score (nSPS) is 20.8. The molecule has 0 amide bonds. The summed E-state index contributed by atoms with van der Waals surface area (Å²) in [5.74, 6) is 1.23. The Balaban J connectivity index is 2.37. The van der Waals surface area contributed by atoms with E-state index in [-0.39, 0.29) is 0 Å². The monoisotopic (exact) mass is 230 g/mol. The van der Waals surface area contributed by atoms with Crippen molar-refractivity contribution in [3.63, 3.8) is 0 Å². The largest absolute Gasteiger partial charge is 0.330 e. The molecule has 90 valence electrons. The maximum absolute atomic E-state index is 5.98. The molecule has 0 aliphatic heterocycles. The van der Waals surface area contributed by atoms with E-state index in [1.165, 1.54) is 50.9 Å². The molecule has 0 atom stereocenters. The van der Waals surface area contributed by atoms with Crippen LogP contribution in [0.25, 0.3) is 0 Å². The minimum absolute atomic E-state index is 0.436. The molecule has 0 radical (unpaired) electrons. The van der Waals surface area contributed by atoms with Crippen LogP contribution in [0.5, 0.6) is 0 Å². The second-order valence-corrected chi connectivity index (χ2v) is 5.98. The van der Waals surface area contributed by atoms with Gasteiger partial charge in [0.2, 0.25) is 0 Å². The molecule has 2 nitrogen and oxygen atoms in total. The van der Waals surface area contributed by atoms with E-state index in [2.05, 4.69) is 18.2 Å². The smallest absolute Gasteiger partial charge is 0.00694 e. The first kappa shape index (κ1) is 13.3. The van der Waals surface area contributed by atoms with Crippen molar-refractivity contribution in [3.8, 4) is 0 Å².